The number of nitrogens with one attached hydrogen (secondary N) is 2. The SMILES string of the molecule is CCNC(=NCc1ccnc(-n2cccn2)c1)NC(C)c1nc(C)c(C(=O)OCC)s1. The normalized spacial score (nSPS) is 12.5. The maximum Gasteiger partial charge on any atom is 0.350 e. The summed E-state index contributed by atoms with van der Waals surface area (Å²) in [5, 5.41) is 11.6. The predicted molar refractivity (Wildman–Crippen MR) is 121 cm³/mol. The molecule has 2 N–H and O–H groups in total. The number of pyridine rings is 1. The molecule has 0 aromatic carbocycles. The molecular formula is C21H27N7O2S. The van der Waals surface area contributed by atoms with Crippen LogP contribution in [0.5, 0.6) is 0 Å². The molecule has 0 radical (unpaired) electrons. The van der Waals surface area contributed by atoms with Crippen LogP contribution < -0.4 is 10.6 Å². The average molecular weight is 442 g/mol. The molecule has 31 heavy (non-hydrogen) atoms. The van der Waals surface area contributed by atoms with E-state index in [4.69, 9.17) is 4.74 Å². The Balaban J connectivity index is 1.71. The van der Waals surface area contributed by atoms with E-state index < -0.39 is 0 Å². The lowest BCUT2D eigenvalue weighted by Gasteiger charge is -2.16. The molecule has 0 spiro atoms. The lowest BCUT2D eigenvalue weighted by molar-refractivity contribution is 0.0531. The van der Waals surface area contributed by atoms with Gasteiger partial charge in [-0.3, -0.25) is 0 Å². The minimum atomic E-state index is -0.331. The van der Waals surface area contributed by atoms with Crippen molar-refractivity contribution in [3.63, 3.8) is 0 Å². The van der Waals surface area contributed by atoms with E-state index in [0.29, 0.717) is 29.7 Å². The Bertz CT molecular complexity index is 1030. The van der Waals surface area contributed by atoms with Crippen LogP contribution in [0.25, 0.3) is 5.82 Å². The van der Waals surface area contributed by atoms with Crippen molar-refractivity contribution in [3.05, 3.63) is 57.9 Å². The number of hydrogen-bond donors (Lipinski definition) is 2. The molecule has 0 amide bonds. The fourth-order valence-corrected chi connectivity index (χ4v) is 3.80. The quantitative estimate of drug-likeness (QED) is 0.314. The smallest absolute Gasteiger partial charge is 0.350 e. The molecule has 164 valence electrons. The molecule has 3 heterocycles. The van der Waals surface area contributed by atoms with Crippen LogP contribution in [0.3, 0.4) is 0 Å². The first kappa shape index (κ1) is 22.4. The maximum absolute atomic E-state index is 12.1. The highest BCUT2D eigenvalue weighted by Gasteiger charge is 2.20. The molecular weight excluding hydrogens is 414 g/mol. The van der Waals surface area contributed by atoms with Crippen molar-refractivity contribution in [3.8, 4) is 5.82 Å². The number of rotatable bonds is 8. The van der Waals surface area contributed by atoms with Gasteiger partial charge in [0, 0.05) is 25.1 Å². The van der Waals surface area contributed by atoms with Gasteiger partial charge in [0.1, 0.15) is 9.88 Å². The molecule has 9 nitrogen and oxygen atoms in total. The minimum Gasteiger partial charge on any atom is -0.462 e. The number of aromatic nitrogens is 4. The molecule has 1 unspecified atom stereocenters. The number of hydrogen-bond acceptors (Lipinski definition) is 7. The second kappa shape index (κ2) is 10.7. The van der Waals surface area contributed by atoms with E-state index in [2.05, 4.69) is 30.7 Å². The van der Waals surface area contributed by atoms with E-state index in [1.165, 1.54) is 11.3 Å². The molecule has 0 aliphatic heterocycles. The van der Waals surface area contributed by atoms with E-state index in [0.717, 1.165) is 22.9 Å². The fourth-order valence-electron chi connectivity index (χ4n) is 2.83. The van der Waals surface area contributed by atoms with Crippen molar-refractivity contribution in [1.82, 2.24) is 30.4 Å². The second-order valence-corrected chi connectivity index (χ2v) is 7.75. The Morgan fingerprint density at radius 3 is 2.90 bits per heavy atom. The van der Waals surface area contributed by atoms with Crippen LogP contribution in [-0.2, 0) is 11.3 Å². The predicted octanol–water partition coefficient (Wildman–Crippen LogP) is 3.03. The summed E-state index contributed by atoms with van der Waals surface area (Å²) in [6.07, 6.45) is 5.32. The van der Waals surface area contributed by atoms with Crippen LogP contribution in [0.4, 0.5) is 0 Å². The van der Waals surface area contributed by atoms with Gasteiger partial charge in [-0.15, -0.1) is 11.3 Å². The molecule has 0 bridgehead atoms. The zero-order valence-electron chi connectivity index (χ0n) is 18.1. The van der Waals surface area contributed by atoms with Gasteiger partial charge < -0.3 is 15.4 Å². The number of aryl methyl sites for hydroxylation is 1. The molecule has 0 aliphatic carbocycles. The molecule has 3 rings (SSSR count). The Morgan fingerprint density at radius 1 is 1.35 bits per heavy atom. The molecule has 3 aromatic heterocycles. The topological polar surface area (TPSA) is 106 Å². The van der Waals surface area contributed by atoms with Crippen molar-refractivity contribution >= 4 is 23.3 Å². The van der Waals surface area contributed by atoms with Gasteiger partial charge >= 0.3 is 5.97 Å². The Labute approximate surface area is 185 Å². The Kier molecular flexibility index (Phi) is 7.71. The highest BCUT2D eigenvalue weighted by atomic mass is 32.1. The first-order valence-electron chi connectivity index (χ1n) is 10.2. The van der Waals surface area contributed by atoms with Gasteiger partial charge in [0.15, 0.2) is 11.8 Å². The van der Waals surface area contributed by atoms with Crippen LogP contribution in [0.15, 0.2) is 41.8 Å². The molecule has 10 heteroatoms. The second-order valence-electron chi connectivity index (χ2n) is 6.72. The molecule has 0 saturated carbocycles. The Morgan fingerprint density at radius 2 is 2.19 bits per heavy atom. The lowest BCUT2D eigenvalue weighted by atomic mass is 10.2. The molecule has 1 atom stereocenters. The molecule has 0 aliphatic rings. The van der Waals surface area contributed by atoms with Crippen LogP contribution >= 0.6 is 11.3 Å². The van der Waals surface area contributed by atoms with E-state index in [1.807, 2.05) is 45.2 Å². The fraction of sp³-hybridized carbons (Fsp3) is 0.381. The number of carbonyl (C=O) groups excluding carboxylic acids is 1. The highest BCUT2D eigenvalue weighted by Crippen LogP contribution is 2.24. The van der Waals surface area contributed by atoms with E-state index in [-0.39, 0.29) is 12.0 Å². The molecule has 0 fully saturated rings. The van der Waals surface area contributed by atoms with Gasteiger partial charge in [-0.2, -0.15) is 5.10 Å². The summed E-state index contributed by atoms with van der Waals surface area (Å²) in [5.74, 6) is 1.08. The number of thiazole rings is 1. The van der Waals surface area contributed by atoms with Crippen molar-refractivity contribution in [1.29, 1.82) is 0 Å². The summed E-state index contributed by atoms with van der Waals surface area (Å²) in [6.45, 7) is 9.15. The van der Waals surface area contributed by atoms with Gasteiger partial charge in [-0.1, -0.05) is 0 Å². The van der Waals surface area contributed by atoms with Crippen molar-refractivity contribution in [2.24, 2.45) is 4.99 Å². The summed E-state index contributed by atoms with van der Waals surface area (Å²) >= 11 is 1.34. The first-order valence-corrected chi connectivity index (χ1v) is 11.0. The van der Waals surface area contributed by atoms with Crippen LogP contribution in [0.2, 0.25) is 0 Å². The van der Waals surface area contributed by atoms with E-state index in [9.17, 15) is 4.79 Å². The third-order valence-electron chi connectivity index (χ3n) is 4.31. The summed E-state index contributed by atoms with van der Waals surface area (Å²) in [6, 6.07) is 5.62. The third kappa shape index (κ3) is 5.88. The minimum absolute atomic E-state index is 0.123. The van der Waals surface area contributed by atoms with Gasteiger partial charge in [-0.25, -0.2) is 24.4 Å². The van der Waals surface area contributed by atoms with E-state index >= 15 is 0 Å². The number of guanidine groups is 1. The van der Waals surface area contributed by atoms with Gasteiger partial charge in [-0.05, 0) is 51.5 Å². The van der Waals surface area contributed by atoms with Gasteiger partial charge in [0.05, 0.1) is 24.9 Å². The summed E-state index contributed by atoms with van der Waals surface area (Å²) in [5.41, 5.74) is 1.69. The number of aliphatic imine (C=N–C) groups is 1. The zero-order valence-corrected chi connectivity index (χ0v) is 18.9. The van der Waals surface area contributed by atoms with E-state index in [1.54, 1.807) is 24.0 Å². The van der Waals surface area contributed by atoms with Crippen molar-refractivity contribution in [2.75, 3.05) is 13.2 Å². The number of ether oxygens (including phenoxy) is 1. The Hall–Kier alpha value is -3.27. The zero-order chi connectivity index (χ0) is 22.2. The number of nitrogens with zero attached hydrogens (tertiary/aromatic N) is 5. The number of carbonyl (C=O) groups is 1. The standard InChI is InChI=1S/C21H27N7O2S/c1-5-22-21(24-13-16-8-10-23-17(12-16)28-11-7-9-25-28)27-15(4)19-26-14(3)18(31-19)20(29)30-6-2/h7-12,15H,5-6,13H2,1-4H3,(H2,22,24,27). The lowest BCUT2D eigenvalue weighted by Crippen LogP contribution is -2.38. The first-order chi connectivity index (χ1) is 15.0. The summed E-state index contributed by atoms with van der Waals surface area (Å²) in [7, 11) is 0. The van der Waals surface area contributed by atoms with Crippen LogP contribution in [-0.4, -0.2) is 44.8 Å². The largest absolute Gasteiger partial charge is 0.462 e. The van der Waals surface area contributed by atoms with Crippen LogP contribution in [0, 0.1) is 6.92 Å². The maximum atomic E-state index is 12.1. The van der Waals surface area contributed by atoms with Crippen LogP contribution in [0.1, 0.15) is 52.7 Å². The summed E-state index contributed by atoms with van der Waals surface area (Å²) < 4.78 is 6.82. The van der Waals surface area contributed by atoms with Crippen molar-refractivity contribution < 1.29 is 9.53 Å². The highest BCUT2D eigenvalue weighted by molar-refractivity contribution is 7.13. The monoisotopic (exact) mass is 441 g/mol. The summed E-state index contributed by atoms with van der Waals surface area (Å²) in [4.78, 5) is 26.2. The van der Waals surface area contributed by atoms with Crippen molar-refractivity contribution in [2.45, 2.75) is 40.3 Å². The van der Waals surface area contributed by atoms with Gasteiger partial charge in [0.2, 0.25) is 0 Å². The number of esters is 1. The third-order valence-corrected chi connectivity index (χ3v) is 5.63. The molecule has 3 aromatic rings. The average Bonchev–Trinajstić information content (AvgIpc) is 3.43. The molecule has 0 saturated heterocycles. The van der Waals surface area contributed by atoms with Gasteiger partial charge in [0.25, 0.3) is 0 Å².